The molecule has 108 valence electrons. The number of carbonyl (C=O) groups excluding carboxylic acids is 2. The molecule has 1 aromatic rings. The lowest BCUT2D eigenvalue weighted by Crippen LogP contribution is -2.46. The quantitative estimate of drug-likeness (QED) is 0.840. The Morgan fingerprint density at radius 1 is 1.30 bits per heavy atom. The van der Waals surface area contributed by atoms with Gasteiger partial charge in [0.05, 0.1) is 13.2 Å². The van der Waals surface area contributed by atoms with Crippen LogP contribution in [0.15, 0.2) is 24.3 Å². The first-order valence-electron chi connectivity index (χ1n) is 5.88. The molecule has 0 aliphatic heterocycles. The second kappa shape index (κ2) is 5.15. The van der Waals surface area contributed by atoms with Crippen LogP contribution in [-0.4, -0.2) is 31.2 Å². The number of alkyl halides is 3. The van der Waals surface area contributed by atoms with Crippen molar-refractivity contribution in [2.24, 2.45) is 0 Å². The Bertz CT molecular complexity index is 542. The molecular formula is C13H12F3NO3. The Labute approximate surface area is 112 Å². The molecule has 20 heavy (non-hydrogen) atoms. The van der Waals surface area contributed by atoms with Gasteiger partial charge in [0.2, 0.25) is 0 Å². The van der Waals surface area contributed by atoms with E-state index in [2.05, 4.69) is 4.74 Å². The van der Waals surface area contributed by atoms with Crippen LogP contribution in [0, 0.1) is 0 Å². The van der Waals surface area contributed by atoms with E-state index < -0.39 is 30.0 Å². The van der Waals surface area contributed by atoms with E-state index in [1.807, 2.05) is 5.32 Å². The van der Waals surface area contributed by atoms with Crippen molar-refractivity contribution in [2.75, 3.05) is 7.11 Å². The van der Waals surface area contributed by atoms with E-state index in [9.17, 15) is 22.8 Å². The van der Waals surface area contributed by atoms with Gasteiger partial charge in [0, 0.05) is 0 Å². The number of methoxy groups -OCH3 is 1. The van der Waals surface area contributed by atoms with Crippen LogP contribution in [0.1, 0.15) is 17.0 Å². The van der Waals surface area contributed by atoms with Gasteiger partial charge in [0.15, 0.2) is 0 Å². The molecule has 0 fully saturated rings. The maximum atomic E-state index is 12.3. The maximum Gasteiger partial charge on any atom is 0.471 e. The van der Waals surface area contributed by atoms with E-state index in [-0.39, 0.29) is 6.42 Å². The number of rotatable bonds is 2. The lowest BCUT2D eigenvalue weighted by molar-refractivity contribution is -0.174. The summed E-state index contributed by atoms with van der Waals surface area (Å²) in [5, 5.41) is 1.87. The number of amides is 1. The Morgan fingerprint density at radius 2 is 1.95 bits per heavy atom. The van der Waals surface area contributed by atoms with E-state index in [0.717, 1.165) is 12.7 Å². The van der Waals surface area contributed by atoms with Crippen LogP contribution in [0.4, 0.5) is 13.2 Å². The van der Waals surface area contributed by atoms with Crippen molar-refractivity contribution in [3.8, 4) is 0 Å². The second-order valence-electron chi connectivity index (χ2n) is 4.48. The first-order valence-corrected chi connectivity index (χ1v) is 5.88. The molecule has 4 nitrogen and oxygen atoms in total. The molecule has 0 unspecified atom stereocenters. The van der Waals surface area contributed by atoms with Crippen LogP contribution in [0.3, 0.4) is 0 Å². The van der Waals surface area contributed by atoms with Crippen LogP contribution in [0.5, 0.6) is 0 Å². The fourth-order valence-corrected chi connectivity index (χ4v) is 2.40. The predicted octanol–water partition coefficient (Wildman–Crippen LogP) is 1.55. The number of benzene rings is 1. The summed E-state index contributed by atoms with van der Waals surface area (Å²) in [5.41, 5.74) is 1.32. The smallest absolute Gasteiger partial charge is 0.468 e. The molecule has 1 aromatic carbocycles. The zero-order valence-corrected chi connectivity index (χ0v) is 10.5. The van der Waals surface area contributed by atoms with Gasteiger partial charge in [0.25, 0.3) is 0 Å². The highest BCUT2D eigenvalue weighted by atomic mass is 19.4. The zero-order chi connectivity index (χ0) is 14.9. The van der Waals surface area contributed by atoms with Crippen molar-refractivity contribution in [3.05, 3.63) is 35.4 Å². The summed E-state index contributed by atoms with van der Waals surface area (Å²) in [4.78, 5) is 22.8. The molecule has 1 amide bonds. The first kappa shape index (κ1) is 14.4. The Hall–Kier alpha value is -2.05. The predicted molar refractivity (Wildman–Crippen MR) is 62.9 cm³/mol. The molecule has 0 saturated carbocycles. The molecule has 1 aliphatic rings. The van der Waals surface area contributed by atoms with E-state index >= 15 is 0 Å². The van der Waals surface area contributed by atoms with Crippen LogP contribution in [0.25, 0.3) is 0 Å². The molecule has 0 radical (unpaired) electrons. The normalized spacial score (nSPS) is 21.2. The molecule has 7 heteroatoms. The van der Waals surface area contributed by atoms with Gasteiger partial charge in [0.1, 0.15) is 5.92 Å². The molecule has 0 spiro atoms. The third-order valence-electron chi connectivity index (χ3n) is 3.26. The van der Waals surface area contributed by atoms with Crippen molar-refractivity contribution in [1.82, 2.24) is 5.32 Å². The topological polar surface area (TPSA) is 55.4 Å². The summed E-state index contributed by atoms with van der Waals surface area (Å²) in [6.45, 7) is 0. The van der Waals surface area contributed by atoms with E-state index in [1.165, 1.54) is 0 Å². The van der Waals surface area contributed by atoms with Gasteiger partial charge >= 0.3 is 18.1 Å². The summed E-state index contributed by atoms with van der Waals surface area (Å²) < 4.78 is 41.6. The molecule has 0 aromatic heterocycles. The molecule has 2 atom stereocenters. The van der Waals surface area contributed by atoms with Gasteiger partial charge in [-0.15, -0.1) is 0 Å². The lowest BCUT2D eigenvalue weighted by atomic mass is 9.98. The third kappa shape index (κ3) is 2.61. The summed E-state index contributed by atoms with van der Waals surface area (Å²) in [5.74, 6) is -3.63. The molecule has 0 heterocycles. The van der Waals surface area contributed by atoms with Crippen LogP contribution >= 0.6 is 0 Å². The standard InChI is InChI=1S/C13H12F3NO3/c1-20-11(18)10-8-5-3-2-4-7(8)6-9(10)17-12(19)13(14,15)16/h2-5,9-10H,6H2,1H3,(H,17,19)/t9-,10-/m1/s1. The first-order chi connectivity index (χ1) is 9.34. The largest absolute Gasteiger partial charge is 0.471 e. The SMILES string of the molecule is COC(=O)[C@@H]1c2ccccc2C[C@H]1NC(=O)C(F)(F)F. The number of hydrogen-bond donors (Lipinski definition) is 1. The van der Waals surface area contributed by atoms with Crippen molar-refractivity contribution in [1.29, 1.82) is 0 Å². The number of nitrogens with one attached hydrogen (secondary N) is 1. The van der Waals surface area contributed by atoms with E-state index in [1.54, 1.807) is 24.3 Å². The average molecular weight is 287 g/mol. The van der Waals surface area contributed by atoms with Crippen molar-refractivity contribution in [3.63, 3.8) is 0 Å². The third-order valence-corrected chi connectivity index (χ3v) is 3.26. The van der Waals surface area contributed by atoms with Crippen LogP contribution in [0.2, 0.25) is 0 Å². The van der Waals surface area contributed by atoms with Gasteiger partial charge in [-0.1, -0.05) is 24.3 Å². The Balaban J connectivity index is 2.27. The maximum absolute atomic E-state index is 12.3. The fourth-order valence-electron chi connectivity index (χ4n) is 2.40. The average Bonchev–Trinajstić information content (AvgIpc) is 2.74. The van der Waals surface area contributed by atoms with Crippen LogP contribution in [-0.2, 0) is 20.7 Å². The number of carbonyl (C=O) groups is 2. The minimum absolute atomic E-state index is 0.164. The van der Waals surface area contributed by atoms with Gasteiger partial charge in [-0.3, -0.25) is 9.59 Å². The van der Waals surface area contributed by atoms with Gasteiger partial charge in [-0.2, -0.15) is 13.2 Å². The highest BCUT2D eigenvalue weighted by Gasteiger charge is 2.45. The fraction of sp³-hybridized carbons (Fsp3) is 0.385. The monoisotopic (exact) mass is 287 g/mol. The summed E-state index contributed by atoms with van der Waals surface area (Å²) in [7, 11) is 1.16. The molecule has 2 rings (SSSR count). The Kier molecular flexibility index (Phi) is 3.69. The van der Waals surface area contributed by atoms with Crippen LogP contribution < -0.4 is 5.32 Å². The number of fused-ring (bicyclic) bond motifs is 1. The molecule has 0 saturated heterocycles. The second-order valence-corrected chi connectivity index (χ2v) is 4.48. The molecular weight excluding hydrogens is 275 g/mol. The highest BCUT2D eigenvalue weighted by molar-refractivity contribution is 5.85. The minimum Gasteiger partial charge on any atom is -0.468 e. The number of hydrogen-bond acceptors (Lipinski definition) is 3. The van der Waals surface area contributed by atoms with E-state index in [0.29, 0.717) is 5.56 Å². The van der Waals surface area contributed by atoms with Crippen molar-refractivity contribution >= 4 is 11.9 Å². The van der Waals surface area contributed by atoms with Gasteiger partial charge in [-0.05, 0) is 17.5 Å². The minimum atomic E-state index is -4.98. The summed E-state index contributed by atoms with van der Waals surface area (Å²) in [6, 6.07) is 5.82. The van der Waals surface area contributed by atoms with Gasteiger partial charge < -0.3 is 10.1 Å². The number of ether oxygens (including phenoxy) is 1. The Morgan fingerprint density at radius 3 is 2.55 bits per heavy atom. The summed E-state index contributed by atoms with van der Waals surface area (Å²) in [6.07, 6.45) is -4.81. The van der Waals surface area contributed by atoms with E-state index in [4.69, 9.17) is 0 Å². The molecule has 1 N–H and O–H groups in total. The molecule has 0 bridgehead atoms. The summed E-state index contributed by atoms with van der Waals surface area (Å²) >= 11 is 0. The lowest BCUT2D eigenvalue weighted by Gasteiger charge is -2.20. The number of halogens is 3. The van der Waals surface area contributed by atoms with Gasteiger partial charge in [-0.25, -0.2) is 0 Å². The van der Waals surface area contributed by atoms with Crippen molar-refractivity contribution < 1.29 is 27.5 Å². The highest BCUT2D eigenvalue weighted by Crippen LogP contribution is 2.34. The molecule has 1 aliphatic carbocycles. The van der Waals surface area contributed by atoms with Crippen molar-refractivity contribution in [2.45, 2.75) is 24.6 Å². The number of esters is 1. The zero-order valence-electron chi connectivity index (χ0n) is 10.5.